The summed E-state index contributed by atoms with van der Waals surface area (Å²) in [5.74, 6) is -2.27. The van der Waals surface area contributed by atoms with E-state index in [-0.39, 0.29) is 16.4 Å². The number of benzene rings is 1. The molecule has 0 aliphatic heterocycles. The zero-order valence-electron chi connectivity index (χ0n) is 11.7. The predicted molar refractivity (Wildman–Crippen MR) is 76.2 cm³/mol. The molecule has 8 heteroatoms. The highest BCUT2D eigenvalue weighted by Gasteiger charge is 2.29. The van der Waals surface area contributed by atoms with Crippen molar-refractivity contribution in [3.63, 3.8) is 0 Å². The minimum atomic E-state index is -3.99. The van der Waals surface area contributed by atoms with E-state index in [0.717, 1.165) is 0 Å². The van der Waals surface area contributed by atoms with Crippen molar-refractivity contribution in [3.05, 3.63) is 29.8 Å². The quantitative estimate of drug-likeness (QED) is 0.678. The molecule has 0 heterocycles. The number of primary amides is 1. The van der Waals surface area contributed by atoms with E-state index < -0.39 is 27.9 Å². The van der Waals surface area contributed by atoms with Crippen LogP contribution in [-0.4, -0.2) is 31.4 Å². The Morgan fingerprint density at radius 2 is 1.81 bits per heavy atom. The number of carbonyl (C=O) groups excluding carboxylic acids is 1. The molecule has 2 atom stereocenters. The van der Waals surface area contributed by atoms with Crippen molar-refractivity contribution in [1.82, 2.24) is 4.72 Å². The molecular formula is C13H18N2O5S. The van der Waals surface area contributed by atoms with E-state index in [1.807, 2.05) is 0 Å². The molecule has 0 spiro atoms. The van der Waals surface area contributed by atoms with Gasteiger partial charge < -0.3 is 10.8 Å². The van der Waals surface area contributed by atoms with E-state index >= 15 is 0 Å². The van der Waals surface area contributed by atoms with Gasteiger partial charge in [0, 0.05) is 5.56 Å². The van der Waals surface area contributed by atoms with Crippen molar-refractivity contribution < 1.29 is 23.1 Å². The number of carbonyl (C=O) groups is 2. The lowest BCUT2D eigenvalue weighted by Crippen LogP contribution is -2.44. The lowest BCUT2D eigenvalue weighted by atomic mass is 10.0. The second-order valence-electron chi connectivity index (χ2n) is 4.71. The summed E-state index contributed by atoms with van der Waals surface area (Å²) in [6.45, 7) is 3.42. The molecule has 0 saturated heterocycles. The van der Waals surface area contributed by atoms with Crippen LogP contribution in [0.1, 0.15) is 30.6 Å². The van der Waals surface area contributed by atoms with Gasteiger partial charge in [0.05, 0.1) is 4.90 Å². The molecule has 21 heavy (non-hydrogen) atoms. The summed E-state index contributed by atoms with van der Waals surface area (Å²) >= 11 is 0. The number of rotatable bonds is 7. The van der Waals surface area contributed by atoms with Crippen molar-refractivity contribution in [2.75, 3.05) is 0 Å². The Bertz CT molecular complexity index is 624. The smallest absolute Gasteiger partial charge is 0.322 e. The average molecular weight is 314 g/mol. The first-order chi connectivity index (χ1) is 9.69. The molecule has 0 unspecified atom stereocenters. The van der Waals surface area contributed by atoms with E-state index in [4.69, 9.17) is 10.8 Å². The van der Waals surface area contributed by atoms with Crippen LogP contribution in [0.2, 0.25) is 0 Å². The standard InChI is InChI=1S/C13H18N2O5S/c1-3-8(2)11(13(17)18)15-21(19,20)10-6-4-9(5-7-10)12(14)16/h4-8,11,15H,3H2,1-2H3,(H2,14,16)(H,17,18)/t8-,11-/m0/s1. The number of nitrogens with one attached hydrogen (secondary N) is 1. The fourth-order valence-corrected chi connectivity index (χ4v) is 2.98. The van der Waals surface area contributed by atoms with Crippen LogP contribution in [0.5, 0.6) is 0 Å². The molecule has 0 aliphatic carbocycles. The predicted octanol–water partition coefficient (Wildman–Crippen LogP) is 0.563. The molecule has 4 N–H and O–H groups in total. The van der Waals surface area contributed by atoms with Crippen molar-refractivity contribution in [2.24, 2.45) is 11.7 Å². The Morgan fingerprint density at radius 1 is 1.29 bits per heavy atom. The lowest BCUT2D eigenvalue weighted by molar-refractivity contribution is -0.140. The molecule has 1 aromatic rings. The number of hydrogen-bond donors (Lipinski definition) is 3. The molecule has 0 aliphatic rings. The third kappa shape index (κ3) is 4.27. The molecule has 1 aromatic carbocycles. The van der Waals surface area contributed by atoms with Crippen molar-refractivity contribution in [1.29, 1.82) is 0 Å². The van der Waals surface area contributed by atoms with Gasteiger partial charge in [0.2, 0.25) is 15.9 Å². The first kappa shape index (κ1) is 17.1. The topological polar surface area (TPSA) is 127 Å². The van der Waals surface area contributed by atoms with Gasteiger partial charge in [0.1, 0.15) is 6.04 Å². The lowest BCUT2D eigenvalue weighted by Gasteiger charge is -2.20. The van der Waals surface area contributed by atoms with Crippen LogP contribution in [0.25, 0.3) is 0 Å². The van der Waals surface area contributed by atoms with E-state index in [0.29, 0.717) is 6.42 Å². The van der Waals surface area contributed by atoms with Gasteiger partial charge in [0.15, 0.2) is 0 Å². The van der Waals surface area contributed by atoms with E-state index in [2.05, 4.69) is 4.72 Å². The maximum absolute atomic E-state index is 12.2. The van der Waals surface area contributed by atoms with E-state index in [1.54, 1.807) is 13.8 Å². The number of sulfonamides is 1. The first-order valence-corrected chi connectivity index (χ1v) is 7.82. The van der Waals surface area contributed by atoms with Crippen molar-refractivity contribution in [3.8, 4) is 0 Å². The number of amides is 1. The van der Waals surface area contributed by atoms with Gasteiger partial charge in [0.25, 0.3) is 0 Å². The highest BCUT2D eigenvalue weighted by atomic mass is 32.2. The summed E-state index contributed by atoms with van der Waals surface area (Å²) < 4.78 is 26.5. The van der Waals surface area contributed by atoms with Crippen LogP contribution in [0.15, 0.2) is 29.2 Å². The van der Waals surface area contributed by atoms with Crippen LogP contribution >= 0.6 is 0 Å². The fourth-order valence-electron chi connectivity index (χ4n) is 1.68. The molecule has 0 fully saturated rings. The van der Waals surface area contributed by atoms with Gasteiger partial charge in [-0.2, -0.15) is 4.72 Å². The van der Waals surface area contributed by atoms with Gasteiger partial charge in [-0.15, -0.1) is 0 Å². The number of carboxylic acids is 1. The normalized spacial score (nSPS) is 14.4. The SMILES string of the molecule is CC[C@H](C)[C@H](NS(=O)(=O)c1ccc(C(N)=O)cc1)C(=O)O. The first-order valence-electron chi connectivity index (χ1n) is 6.34. The number of carboxylic acid groups (broad SMARTS) is 1. The Hall–Kier alpha value is -1.93. The third-order valence-corrected chi connectivity index (χ3v) is 4.67. The zero-order chi connectivity index (χ0) is 16.2. The maximum atomic E-state index is 12.2. The second-order valence-corrected chi connectivity index (χ2v) is 6.43. The van der Waals surface area contributed by atoms with Crippen molar-refractivity contribution >= 4 is 21.9 Å². The highest BCUT2D eigenvalue weighted by molar-refractivity contribution is 7.89. The summed E-state index contributed by atoms with van der Waals surface area (Å²) in [4.78, 5) is 22.0. The largest absolute Gasteiger partial charge is 0.480 e. The minimum Gasteiger partial charge on any atom is -0.480 e. The van der Waals surface area contributed by atoms with E-state index in [9.17, 15) is 18.0 Å². The number of nitrogens with two attached hydrogens (primary N) is 1. The zero-order valence-corrected chi connectivity index (χ0v) is 12.6. The molecule has 0 saturated carbocycles. The van der Waals surface area contributed by atoms with Crippen LogP contribution in [0, 0.1) is 5.92 Å². The fraction of sp³-hybridized carbons (Fsp3) is 0.385. The summed E-state index contributed by atoms with van der Waals surface area (Å²) in [7, 11) is -3.99. The van der Waals surface area contributed by atoms with Crippen LogP contribution in [0.3, 0.4) is 0 Å². The van der Waals surface area contributed by atoms with Crippen LogP contribution in [-0.2, 0) is 14.8 Å². The molecule has 116 valence electrons. The monoisotopic (exact) mass is 314 g/mol. The minimum absolute atomic E-state index is 0.123. The Morgan fingerprint density at radius 3 is 2.19 bits per heavy atom. The summed E-state index contributed by atoms with van der Waals surface area (Å²) in [6, 6.07) is 3.75. The van der Waals surface area contributed by atoms with E-state index in [1.165, 1.54) is 24.3 Å². The second kappa shape index (κ2) is 6.68. The molecule has 1 rings (SSSR count). The van der Waals surface area contributed by atoms with Crippen LogP contribution < -0.4 is 10.5 Å². The molecule has 0 bridgehead atoms. The Balaban J connectivity index is 3.04. The molecule has 1 amide bonds. The van der Waals surface area contributed by atoms with Crippen LogP contribution in [0.4, 0.5) is 0 Å². The van der Waals surface area contributed by atoms with Gasteiger partial charge in [-0.1, -0.05) is 20.3 Å². The molecule has 0 radical (unpaired) electrons. The Kier molecular flexibility index (Phi) is 5.45. The summed E-state index contributed by atoms with van der Waals surface area (Å²) in [5.41, 5.74) is 5.24. The molecule has 0 aromatic heterocycles. The maximum Gasteiger partial charge on any atom is 0.322 e. The average Bonchev–Trinajstić information content (AvgIpc) is 2.43. The number of hydrogen-bond acceptors (Lipinski definition) is 4. The molecule has 7 nitrogen and oxygen atoms in total. The van der Waals surface area contributed by atoms with Gasteiger partial charge in [-0.05, 0) is 30.2 Å². The number of aliphatic carboxylic acids is 1. The Labute approximate surface area is 123 Å². The third-order valence-electron chi connectivity index (χ3n) is 3.21. The van der Waals surface area contributed by atoms with Gasteiger partial charge in [-0.25, -0.2) is 8.42 Å². The van der Waals surface area contributed by atoms with Gasteiger partial charge >= 0.3 is 5.97 Å². The van der Waals surface area contributed by atoms with Crippen molar-refractivity contribution in [2.45, 2.75) is 31.2 Å². The van der Waals surface area contributed by atoms with Gasteiger partial charge in [-0.3, -0.25) is 9.59 Å². The molecular weight excluding hydrogens is 296 g/mol. The summed E-state index contributed by atoms with van der Waals surface area (Å²) in [5, 5.41) is 9.11. The summed E-state index contributed by atoms with van der Waals surface area (Å²) in [6.07, 6.45) is 0.514. The highest BCUT2D eigenvalue weighted by Crippen LogP contribution is 2.15.